The van der Waals surface area contributed by atoms with E-state index in [4.69, 9.17) is 9.47 Å². The Morgan fingerprint density at radius 3 is 2.45 bits per heavy atom. The number of rotatable bonds is 5. The van der Waals surface area contributed by atoms with Crippen LogP contribution in [0.4, 0.5) is 10.5 Å². The van der Waals surface area contributed by atoms with Crippen LogP contribution in [0.1, 0.15) is 26.3 Å². The summed E-state index contributed by atoms with van der Waals surface area (Å²) in [4.78, 5) is 16.2. The SMILES string of the molecule is COc1ccc(CSc2cc(N3CCN(C(=O)OC(C)(C)C)CC3)cnn2)cc1. The van der Waals surface area contributed by atoms with Gasteiger partial charge in [-0.25, -0.2) is 4.79 Å². The van der Waals surface area contributed by atoms with Crippen molar-refractivity contribution in [2.75, 3.05) is 38.2 Å². The molecule has 1 fully saturated rings. The molecule has 7 nitrogen and oxygen atoms in total. The second-order valence-corrected chi connectivity index (χ2v) is 8.84. The first kappa shape index (κ1) is 21.2. The van der Waals surface area contributed by atoms with Crippen molar-refractivity contribution in [1.82, 2.24) is 15.1 Å². The fourth-order valence-electron chi connectivity index (χ4n) is 2.93. The molecule has 3 rings (SSSR count). The zero-order chi connectivity index (χ0) is 20.9. The van der Waals surface area contributed by atoms with Crippen molar-refractivity contribution in [2.45, 2.75) is 37.2 Å². The second kappa shape index (κ2) is 9.35. The Morgan fingerprint density at radius 1 is 1.14 bits per heavy atom. The summed E-state index contributed by atoms with van der Waals surface area (Å²) in [6, 6.07) is 10.1. The van der Waals surface area contributed by atoms with Crippen LogP contribution < -0.4 is 9.64 Å². The summed E-state index contributed by atoms with van der Waals surface area (Å²) in [5, 5.41) is 9.29. The molecule has 29 heavy (non-hydrogen) atoms. The van der Waals surface area contributed by atoms with Crippen LogP contribution >= 0.6 is 11.8 Å². The van der Waals surface area contributed by atoms with Crippen LogP contribution in [0.25, 0.3) is 0 Å². The van der Waals surface area contributed by atoms with E-state index in [1.807, 2.05) is 32.9 Å². The number of methoxy groups -OCH3 is 1. The van der Waals surface area contributed by atoms with Crippen LogP contribution in [0.3, 0.4) is 0 Å². The first-order valence-electron chi connectivity index (χ1n) is 9.65. The van der Waals surface area contributed by atoms with Gasteiger partial charge in [-0.1, -0.05) is 23.9 Å². The van der Waals surface area contributed by atoms with Gasteiger partial charge < -0.3 is 19.3 Å². The molecule has 2 heterocycles. The number of carbonyl (C=O) groups excluding carboxylic acids is 1. The number of piperazine rings is 1. The Bertz CT molecular complexity index is 815. The van der Waals surface area contributed by atoms with E-state index in [-0.39, 0.29) is 6.09 Å². The lowest BCUT2D eigenvalue weighted by molar-refractivity contribution is 0.0240. The Morgan fingerprint density at radius 2 is 1.83 bits per heavy atom. The summed E-state index contributed by atoms with van der Waals surface area (Å²) in [5.74, 6) is 1.67. The van der Waals surface area contributed by atoms with Crippen molar-refractivity contribution in [3.8, 4) is 5.75 Å². The molecule has 0 radical (unpaired) electrons. The maximum Gasteiger partial charge on any atom is 0.410 e. The van der Waals surface area contributed by atoms with E-state index < -0.39 is 5.60 Å². The molecule has 1 amide bonds. The molecule has 1 saturated heterocycles. The van der Waals surface area contributed by atoms with Crippen LogP contribution in [-0.4, -0.2) is 60.1 Å². The van der Waals surface area contributed by atoms with Crippen molar-refractivity contribution in [3.63, 3.8) is 0 Å². The van der Waals surface area contributed by atoms with Gasteiger partial charge in [-0.15, -0.1) is 5.10 Å². The highest BCUT2D eigenvalue weighted by Gasteiger charge is 2.26. The smallest absolute Gasteiger partial charge is 0.410 e. The van der Waals surface area contributed by atoms with E-state index in [2.05, 4.69) is 33.3 Å². The lowest BCUT2D eigenvalue weighted by atomic mass is 10.2. The number of nitrogens with zero attached hydrogens (tertiary/aromatic N) is 4. The zero-order valence-corrected chi connectivity index (χ0v) is 18.2. The fourth-order valence-corrected chi connectivity index (χ4v) is 3.75. The Balaban J connectivity index is 1.54. The van der Waals surface area contributed by atoms with Crippen molar-refractivity contribution >= 4 is 23.5 Å². The molecule has 0 unspecified atom stereocenters. The van der Waals surface area contributed by atoms with Gasteiger partial charge in [-0.3, -0.25) is 0 Å². The summed E-state index contributed by atoms with van der Waals surface area (Å²) >= 11 is 1.65. The number of ether oxygens (including phenoxy) is 2. The van der Waals surface area contributed by atoms with Gasteiger partial charge in [0, 0.05) is 31.9 Å². The molecule has 0 saturated carbocycles. The number of anilines is 1. The number of hydrogen-bond acceptors (Lipinski definition) is 7. The van der Waals surface area contributed by atoms with E-state index in [1.54, 1.807) is 30.0 Å². The molecule has 0 bridgehead atoms. The summed E-state index contributed by atoms with van der Waals surface area (Å²) in [6.45, 7) is 8.40. The third kappa shape index (κ3) is 6.25. The summed E-state index contributed by atoms with van der Waals surface area (Å²) in [5.41, 5.74) is 1.76. The number of amides is 1. The summed E-state index contributed by atoms with van der Waals surface area (Å²) in [6.07, 6.45) is 1.53. The number of aromatic nitrogens is 2. The van der Waals surface area contributed by atoms with Gasteiger partial charge in [0.1, 0.15) is 16.4 Å². The molecule has 0 spiro atoms. The first-order chi connectivity index (χ1) is 13.8. The van der Waals surface area contributed by atoms with Crippen LogP contribution in [0, 0.1) is 0 Å². The third-order valence-corrected chi connectivity index (χ3v) is 5.43. The van der Waals surface area contributed by atoms with Gasteiger partial charge in [0.15, 0.2) is 0 Å². The fraction of sp³-hybridized carbons (Fsp3) is 0.476. The van der Waals surface area contributed by atoms with Gasteiger partial charge in [0.2, 0.25) is 0 Å². The van der Waals surface area contributed by atoms with Crippen LogP contribution in [0.15, 0.2) is 41.6 Å². The number of carbonyl (C=O) groups is 1. The quantitative estimate of drug-likeness (QED) is 0.686. The minimum atomic E-state index is -0.473. The molecule has 1 aliphatic heterocycles. The predicted octanol–water partition coefficient (Wildman–Crippen LogP) is 3.83. The minimum absolute atomic E-state index is 0.249. The molecule has 1 aliphatic rings. The molecule has 2 aromatic rings. The molecule has 1 aromatic carbocycles. The van der Waals surface area contributed by atoms with Crippen molar-refractivity contribution < 1.29 is 14.3 Å². The van der Waals surface area contributed by atoms with Crippen LogP contribution in [0.5, 0.6) is 5.75 Å². The Kier molecular flexibility index (Phi) is 6.84. The van der Waals surface area contributed by atoms with Crippen molar-refractivity contribution in [1.29, 1.82) is 0 Å². The average molecular weight is 417 g/mol. The van der Waals surface area contributed by atoms with E-state index in [9.17, 15) is 4.79 Å². The monoisotopic (exact) mass is 416 g/mol. The number of benzene rings is 1. The van der Waals surface area contributed by atoms with E-state index >= 15 is 0 Å². The maximum absolute atomic E-state index is 12.2. The Hall–Kier alpha value is -2.48. The molecule has 156 valence electrons. The molecule has 0 N–H and O–H groups in total. The standard InChI is InChI=1S/C21H28N4O3S/c1-21(2,3)28-20(26)25-11-9-24(10-12-25)17-13-19(23-22-14-17)29-15-16-5-7-18(27-4)8-6-16/h5-8,13-14H,9-12,15H2,1-4H3. The van der Waals surface area contributed by atoms with Gasteiger partial charge >= 0.3 is 6.09 Å². The molecular formula is C21H28N4O3S. The molecule has 0 aliphatic carbocycles. The first-order valence-corrected chi connectivity index (χ1v) is 10.6. The van der Waals surface area contributed by atoms with Crippen LogP contribution in [0.2, 0.25) is 0 Å². The van der Waals surface area contributed by atoms with Gasteiger partial charge in [-0.05, 0) is 44.5 Å². The largest absolute Gasteiger partial charge is 0.497 e. The maximum atomic E-state index is 12.2. The van der Waals surface area contributed by atoms with Crippen molar-refractivity contribution in [3.05, 3.63) is 42.1 Å². The molecule has 1 aromatic heterocycles. The second-order valence-electron chi connectivity index (χ2n) is 7.84. The lowest BCUT2D eigenvalue weighted by Gasteiger charge is -2.36. The van der Waals surface area contributed by atoms with Gasteiger partial charge in [0.05, 0.1) is 19.0 Å². The Labute approximate surface area is 176 Å². The topological polar surface area (TPSA) is 67.8 Å². The van der Waals surface area contributed by atoms with Crippen molar-refractivity contribution in [2.24, 2.45) is 0 Å². The van der Waals surface area contributed by atoms with Crippen LogP contribution in [-0.2, 0) is 10.5 Å². The number of thioether (sulfide) groups is 1. The summed E-state index contributed by atoms with van der Waals surface area (Å²) < 4.78 is 10.7. The van der Waals surface area contributed by atoms with E-state index in [0.717, 1.165) is 35.3 Å². The highest BCUT2D eigenvalue weighted by Crippen LogP contribution is 2.25. The molecule has 0 atom stereocenters. The van der Waals surface area contributed by atoms with Gasteiger partial charge in [0.25, 0.3) is 0 Å². The van der Waals surface area contributed by atoms with Gasteiger partial charge in [-0.2, -0.15) is 5.10 Å². The third-order valence-electron chi connectivity index (χ3n) is 4.46. The summed E-state index contributed by atoms with van der Waals surface area (Å²) in [7, 11) is 1.66. The minimum Gasteiger partial charge on any atom is -0.497 e. The zero-order valence-electron chi connectivity index (χ0n) is 17.4. The molecular weight excluding hydrogens is 388 g/mol. The average Bonchev–Trinajstić information content (AvgIpc) is 2.72. The number of hydrogen-bond donors (Lipinski definition) is 0. The normalized spacial score (nSPS) is 14.6. The lowest BCUT2D eigenvalue weighted by Crippen LogP contribution is -2.50. The predicted molar refractivity (Wildman–Crippen MR) is 115 cm³/mol. The van der Waals surface area contributed by atoms with E-state index in [0.29, 0.717) is 13.1 Å². The highest BCUT2D eigenvalue weighted by atomic mass is 32.2. The molecule has 8 heteroatoms. The highest BCUT2D eigenvalue weighted by molar-refractivity contribution is 7.98. The van der Waals surface area contributed by atoms with E-state index in [1.165, 1.54) is 5.56 Å².